The SMILES string of the molecule is CC(C)(C)OC(=O)N[C@H](c1ncc(-c2ccc(-c3ccc(-c4ccc5nc([C@@H](NC(=O)OC(C)(C)C)C(C)(C)C)[nH]c5c4)cc3)cc2)[nH]1)C(C)(C)C. The molecule has 4 N–H and O–H groups in total. The van der Waals surface area contributed by atoms with Crippen molar-refractivity contribution in [3.63, 3.8) is 0 Å². The summed E-state index contributed by atoms with van der Waals surface area (Å²) in [6, 6.07) is 22.2. The van der Waals surface area contributed by atoms with Gasteiger partial charge in [0.05, 0.1) is 35.0 Å². The summed E-state index contributed by atoms with van der Waals surface area (Å²) in [5, 5.41) is 6.01. The number of alkyl carbamates (subject to hydrolysis) is 2. The molecule has 0 aliphatic carbocycles. The lowest BCUT2D eigenvalue weighted by molar-refractivity contribution is 0.0448. The van der Waals surface area contributed by atoms with Gasteiger partial charge in [-0.15, -0.1) is 0 Å². The summed E-state index contributed by atoms with van der Waals surface area (Å²) in [7, 11) is 0. The molecule has 0 bridgehead atoms. The number of H-pyrrole nitrogens is 2. The molecule has 10 nitrogen and oxygen atoms in total. The third kappa shape index (κ3) is 9.60. The maximum absolute atomic E-state index is 12.7. The fraction of sp³-hybridized carbons (Fsp3) is 0.429. The first-order chi connectivity index (χ1) is 24.1. The van der Waals surface area contributed by atoms with Crippen LogP contribution in [0.25, 0.3) is 44.5 Å². The van der Waals surface area contributed by atoms with Gasteiger partial charge in [0, 0.05) is 0 Å². The minimum absolute atomic E-state index is 0.301. The van der Waals surface area contributed by atoms with Crippen LogP contribution in [-0.2, 0) is 9.47 Å². The number of rotatable bonds is 7. The highest BCUT2D eigenvalue weighted by Gasteiger charge is 2.33. The summed E-state index contributed by atoms with van der Waals surface area (Å²) in [4.78, 5) is 41.6. The van der Waals surface area contributed by atoms with Crippen molar-refractivity contribution in [3.05, 3.63) is 84.6 Å². The van der Waals surface area contributed by atoms with Crippen molar-refractivity contribution >= 4 is 23.2 Å². The molecule has 0 spiro atoms. The van der Waals surface area contributed by atoms with E-state index in [2.05, 4.69) is 128 Å². The number of benzene rings is 3. The van der Waals surface area contributed by atoms with Crippen molar-refractivity contribution in [2.24, 2.45) is 10.8 Å². The first-order valence-electron chi connectivity index (χ1n) is 17.8. The predicted molar refractivity (Wildman–Crippen MR) is 208 cm³/mol. The third-order valence-electron chi connectivity index (χ3n) is 8.44. The van der Waals surface area contributed by atoms with Crippen LogP contribution in [0.15, 0.2) is 72.9 Å². The lowest BCUT2D eigenvalue weighted by Crippen LogP contribution is -2.40. The van der Waals surface area contributed by atoms with Gasteiger partial charge in [0.15, 0.2) is 0 Å². The zero-order valence-electron chi connectivity index (χ0n) is 32.6. The summed E-state index contributed by atoms with van der Waals surface area (Å²) in [5.74, 6) is 1.35. The normalized spacial score (nSPS) is 13.8. The van der Waals surface area contributed by atoms with Gasteiger partial charge in [-0.05, 0) is 92.3 Å². The van der Waals surface area contributed by atoms with Crippen molar-refractivity contribution in [3.8, 4) is 33.5 Å². The van der Waals surface area contributed by atoms with Crippen LogP contribution in [0.4, 0.5) is 9.59 Å². The van der Waals surface area contributed by atoms with Crippen molar-refractivity contribution in [1.82, 2.24) is 30.6 Å². The van der Waals surface area contributed by atoms with Gasteiger partial charge in [-0.3, -0.25) is 0 Å². The van der Waals surface area contributed by atoms with Crippen LogP contribution in [-0.4, -0.2) is 43.3 Å². The molecule has 10 heteroatoms. The molecule has 0 unspecified atom stereocenters. The average Bonchev–Trinajstić information content (AvgIpc) is 3.67. The van der Waals surface area contributed by atoms with Gasteiger partial charge >= 0.3 is 12.2 Å². The van der Waals surface area contributed by atoms with Crippen molar-refractivity contribution < 1.29 is 19.1 Å². The number of imidazole rings is 2. The molecule has 276 valence electrons. The smallest absolute Gasteiger partial charge is 0.408 e. The molecule has 0 fully saturated rings. The number of ether oxygens (including phenoxy) is 2. The summed E-state index contributed by atoms with van der Waals surface area (Å²) in [6.45, 7) is 23.4. The van der Waals surface area contributed by atoms with E-state index in [0.717, 1.165) is 44.5 Å². The van der Waals surface area contributed by atoms with Crippen molar-refractivity contribution in [2.75, 3.05) is 0 Å². The van der Waals surface area contributed by atoms with Crippen LogP contribution in [0.1, 0.15) is 107 Å². The minimum Gasteiger partial charge on any atom is -0.444 e. The molecular weight excluding hydrogens is 652 g/mol. The Balaban J connectivity index is 1.30. The molecule has 0 saturated heterocycles. The maximum atomic E-state index is 12.7. The summed E-state index contributed by atoms with van der Waals surface area (Å²) >= 11 is 0. The van der Waals surface area contributed by atoms with E-state index in [1.807, 2.05) is 47.6 Å². The van der Waals surface area contributed by atoms with E-state index in [4.69, 9.17) is 14.5 Å². The van der Waals surface area contributed by atoms with Gasteiger partial charge in [-0.1, -0.05) is 96.1 Å². The van der Waals surface area contributed by atoms with Gasteiger partial charge in [-0.25, -0.2) is 19.6 Å². The van der Waals surface area contributed by atoms with Crippen LogP contribution < -0.4 is 10.6 Å². The quantitative estimate of drug-likeness (QED) is 0.133. The number of hydrogen-bond donors (Lipinski definition) is 4. The fourth-order valence-corrected chi connectivity index (χ4v) is 5.91. The number of nitrogens with one attached hydrogen (secondary N) is 4. The largest absolute Gasteiger partial charge is 0.444 e. The maximum Gasteiger partial charge on any atom is 0.408 e. The second-order valence-corrected chi connectivity index (χ2v) is 17.6. The molecule has 0 radical (unpaired) electrons. The van der Waals surface area contributed by atoms with Crippen LogP contribution in [0.5, 0.6) is 0 Å². The number of fused-ring (bicyclic) bond motifs is 1. The molecule has 0 aliphatic heterocycles. The predicted octanol–water partition coefficient (Wildman–Crippen LogP) is 10.5. The van der Waals surface area contributed by atoms with Gasteiger partial charge in [-0.2, -0.15) is 0 Å². The average molecular weight is 707 g/mol. The highest BCUT2D eigenvalue weighted by molar-refractivity contribution is 5.83. The lowest BCUT2D eigenvalue weighted by Gasteiger charge is -2.31. The van der Waals surface area contributed by atoms with Crippen molar-refractivity contribution in [1.29, 1.82) is 0 Å². The summed E-state index contributed by atoms with van der Waals surface area (Å²) < 4.78 is 11.0. The zero-order valence-corrected chi connectivity index (χ0v) is 32.6. The fourth-order valence-electron chi connectivity index (χ4n) is 5.91. The van der Waals surface area contributed by atoms with E-state index in [0.29, 0.717) is 11.6 Å². The number of aromatic amines is 2. The van der Waals surface area contributed by atoms with E-state index in [-0.39, 0.29) is 22.9 Å². The van der Waals surface area contributed by atoms with E-state index in [1.54, 1.807) is 6.20 Å². The summed E-state index contributed by atoms with van der Waals surface area (Å²) in [5.41, 5.74) is 6.10. The third-order valence-corrected chi connectivity index (χ3v) is 8.44. The summed E-state index contributed by atoms with van der Waals surface area (Å²) in [6.07, 6.45) is 0.850. The van der Waals surface area contributed by atoms with Gasteiger partial charge in [0.25, 0.3) is 0 Å². The van der Waals surface area contributed by atoms with Gasteiger partial charge in [0.1, 0.15) is 22.9 Å². The zero-order chi connectivity index (χ0) is 38.2. The van der Waals surface area contributed by atoms with Crippen LogP contribution in [0.2, 0.25) is 0 Å². The number of nitrogens with zero attached hydrogens (tertiary/aromatic N) is 2. The van der Waals surface area contributed by atoms with Gasteiger partial charge < -0.3 is 30.1 Å². The van der Waals surface area contributed by atoms with E-state index in [1.165, 1.54) is 0 Å². The Hall–Kier alpha value is -5.12. The molecule has 0 aliphatic rings. The van der Waals surface area contributed by atoms with E-state index >= 15 is 0 Å². The number of carbonyl (C=O) groups excluding carboxylic acids is 2. The van der Waals surface area contributed by atoms with Crippen LogP contribution >= 0.6 is 0 Å². The standard InChI is InChI=1S/C42H54N6O4/c1-39(2,3)33(47-37(49)51-41(7,8)9)35-43-24-32(46-35)28-19-17-26(18-20-28)25-13-15-27(16-14-25)29-21-22-30-31(23-29)45-36(44-30)34(40(4,5)6)48-38(50)52-42(10,11)12/h13-24,33-34H,1-12H3,(H,43,46)(H,44,45)(H,47,49)(H,48,50)/t33-,34-/m1/s1. The molecule has 0 saturated carbocycles. The molecule has 2 atom stereocenters. The monoisotopic (exact) mass is 706 g/mol. The Morgan fingerprint density at radius 3 is 1.46 bits per heavy atom. The van der Waals surface area contributed by atoms with Crippen molar-refractivity contribution in [2.45, 2.75) is 106 Å². The molecule has 5 aromatic rings. The molecule has 3 aromatic carbocycles. The number of amides is 2. The minimum atomic E-state index is -0.597. The molecule has 52 heavy (non-hydrogen) atoms. The Bertz CT molecular complexity index is 2010. The highest BCUT2D eigenvalue weighted by Crippen LogP contribution is 2.35. The van der Waals surface area contributed by atoms with E-state index < -0.39 is 23.4 Å². The second-order valence-electron chi connectivity index (χ2n) is 17.6. The van der Waals surface area contributed by atoms with Crippen LogP contribution in [0, 0.1) is 10.8 Å². The molecular formula is C42H54N6O4. The lowest BCUT2D eigenvalue weighted by atomic mass is 9.86. The Morgan fingerprint density at radius 1 is 0.577 bits per heavy atom. The topological polar surface area (TPSA) is 134 Å². The number of aromatic nitrogens is 4. The molecule has 2 aromatic heterocycles. The first-order valence-corrected chi connectivity index (χ1v) is 17.8. The molecule has 5 rings (SSSR count). The van der Waals surface area contributed by atoms with Crippen LogP contribution in [0.3, 0.4) is 0 Å². The Labute approximate surface area is 307 Å². The Morgan fingerprint density at radius 2 is 1.00 bits per heavy atom. The first kappa shape index (κ1) is 38.1. The molecule has 2 amide bonds. The molecule has 2 heterocycles. The highest BCUT2D eigenvalue weighted by atomic mass is 16.6. The number of hydrogen-bond acceptors (Lipinski definition) is 6. The Kier molecular flexibility index (Phi) is 10.4. The second kappa shape index (κ2) is 14.1. The van der Waals surface area contributed by atoms with Gasteiger partial charge in [0.2, 0.25) is 0 Å². The number of carbonyl (C=O) groups is 2. The van der Waals surface area contributed by atoms with E-state index in [9.17, 15) is 9.59 Å².